The molecule has 0 saturated heterocycles. The van der Waals surface area contributed by atoms with E-state index >= 15 is 0 Å². The average molecular weight is 304 g/mol. The van der Waals surface area contributed by atoms with Crippen molar-refractivity contribution in [3.05, 3.63) is 23.8 Å². The molecule has 3 rings (SSSR count). The monoisotopic (exact) mass is 304 g/mol. The number of rotatable bonds is 4. The fourth-order valence-electron chi connectivity index (χ4n) is 2.90. The van der Waals surface area contributed by atoms with Gasteiger partial charge in [-0.25, -0.2) is 5.43 Å². The van der Waals surface area contributed by atoms with Crippen LogP contribution in [0.25, 0.3) is 0 Å². The zero-order valence-electron chi connectivity index (χ0n) is 12.4. The highest BCUT2D eigenvalue weighted by Gasteiger charge is 2.31. The number of hydrogen-bond acceptors (Lipinski definition) is 5. The standard InChI is InChI=1S/C16H20N2O4/c19-15(9-16(20)6-2-1-3-7-16)18-17-10-12-4-5-13-14(8-12)22-11-21-13/h4-5,8,10,20H,1-3,6-7,9,11H2,(H,18,19). The molecule has 1 aliphatic heterocycles. The Morgan fingerprint density at radius 1 is 1.27 bits per heavy atom. The maximum Gasteiger partial charge on any atom is 0.242 e. The van der Waals surface area contributed by atoms with Gasteiger partial charge in [0.05, 0.1) is 18.2 Å². The maximum absolute atomic E-state index is 11.9. The first-order chi connectivity index (χ1) is 10.6. The van der Waals surface area contributed by atoms with Crippen LogP contribution in [0, 0.1) is 0 Å². The summed E-state index contributed by atoms with van der Waals surface area (Å²) in [4.78, 5) is 11.9. The predicted octanol–water partition coefficient (Wildman–Crippen LogP) is 1.95. The average Bonchev–Trinajstić information content (AvgIpc) is 2.95. The summed E-state index contributed by atoms with van der Waals surface area (Å²) in [5.41, 5.74) is 2.41. The van der Waals surface area contributed by atoms with Gasteiger partial charge in [-0.15, -0.1) is 0 Å². The molecule has 1 amide bonds. The summed E-state index contributed by atoms with van der Waals surface area (Å²) in [5.74, 6) is 1.12. The van der Waals surface area contributed by atoms with E-state index in [2.05, 4.69) is 10.5 Å². The molecule has 1 heterocycles. The van der Waals surface area contributed by atoms with Gasteiger partial charge in [-0.3, -0.25) is 4.79 Å². The molecule has 0 unspecified atom stereocenters. The van der Waals surface area contributed by atoms with Crippen molar-refractivity contribution < 1.29 is 19.4 Å². The van der Waals surface area contributed by atoms with Crippen LogP contribution in [0.2, 0.25) is 0 Å². The van der Waals surface area contributed by atoms with Crippen LogP contribution >= 0.6 is 0 Å². The minimum absolute atomic E-state index is 0.103. The molecular formula is C16H20N2O4. The van der Waals surface area contributed by atoms with Crippen LogP contribution < -0.4 is 14.9 Å². The van der Waals surface area contributed by atoms with Gasteiger partial charge in [0.2, 0.25) is 12.7 Å². The van der Waals surface area contributed by atoms with E-state index in [4.69, 9.17) is 9.47 Å². The van der Waals surface area contributed by atoms with E-state index in [9.17, 15) is 9.90 Å². The Hall–Kier alpha value is -2.08. The van der Waals surface area contributed by atoms with Crippen molar-refractivity contribution in [2.75, 3.05) is 6.79 Å². The molecular weight excluding hydrogens is 284 g/mol. The topological polar surface area (TPSA) is 80.2 Å². The van der Waals surface area contributed by atoms with E-state index < -0.39 is 5.60 Å². The summed E-state index contributed by atoms with van der Waals surface area (Å²) in [6.07, 6.45) is 6.11. The molecule has 0 bridgehead atoms. The van der Waals surface area contributed by atoms with Gasteiger partial charge in [-0.1, -0.05) is 19.3 Å². The van der Waals surface area contributed by atoms with Gasteiger partial charge in [0, 0.05) is 0 Å². The number of hydrogen-bond donors (Lipinski definition) is 2. The second kappa shape index (κ2) is 6.36. The van der Waals surface area contributed by atoms with Gasteiger partial charge in [0.15, 0.2) is 11.5 Å². The normalized spacial score (nSPS) is 19.3. The number of nitrogens with one attached hydrogen (secondary N) is 1. The van der Waals surface area contributed by atoms with E-state index in [1.165, 1.54) is 0 Å². The Morgan fingerprint density at radius 2 is 2.05 bits per heavy atom. The molecule has 1 aromatic rings. The van der Waals surface area contributed by atoms with Gasteiger partial charge in [0.25, 0.3) is 0 Å². The van der Waals surface area contributed by atoms with E-state index in [1.54, 1.807) is 18.3 Å². The Morgan fingerprint density at radius 3 is 2.86 bits per heavy atom. The summed E-state index contributed by atoms with van der Waals surface area (Å²) < 4.78 is 10.5. The number of amides is 1. The highest BCUT2D eigenvalue weighted by atomic mass is 16.7. The van der Waals surface area contributed by atoms with Gasteiger partial charge in [-0.2, -0.15) is 5.10 Å². The number of nitrogens with zero attached hydrogens (tertiary/aromatic N) is 1. The van der Waals surface area contributed by atoms with Crippen LogP contribution in [-0.4, -0.2) is 29.6 Å². The molecule has 1 aromatic carbocycles. The smallest absolute Gasteiger partial charge is 0.242 e. The van der Waals surface area contributed by atoms with Crippen molar-refractivity contribution in [3.8, 4) is 11.5 Å². The number of aliphatic hydroxyl groups is 1. The second-order valence-corrected chi connectivity index (χ2v) is 5.87. The Kier molecular flexibility index (Phi) is 4.29. The lowest BCUT2D eigenvalue weighted by Gasteiger charge is -2.31. The molecule has 1 aliphatic carbocycles. The summed E-state index contributed by atoms with van der Waals surface area (Å²) in [6, 6.07) is 5.43. The molecule has 6 heteroatoms. The number of carbonyl (C=O) groups excluding carboxylic acids is 1. The zero-order valence-corrected chi connectivity index (χ0v) is 12.4. The molecule has 1 saturated carbocycles. The minimum atomic E-state index is -0.864. The summed E-state index contributed by atoms with van der Waals surface area (Å²) in [7, 11) is 0. The lowest BCUT2D eigenvalue weighted by atomic mass is 9.82. The molecule has 0 spiro atoms. The van der Waals surface area contributed by atoms with Crippen molar-refractivity contribution in [2.24, 2.45) is 5.10 Å². The Bertz CT molecular complexity index is 580. The largest absolute Gasteiger partial charge is 0.454 e. The molecule has 0 radical (unpaired) electrons. The van der Waals surface area contributed by atoms with Crippen LogP contribution in [0.4, 0.5) is 0 Å². The number of carbonyl (C=O) groups is 1. The summed E-state index contributed by atoms with van der Waals surface area (Å²) in [5, 5.41) is 14.3. The lowest BCUT2D eigenvalue weighted by molar-refractivity contribution is -0.127. The third-order valence-electron chi connectivity index (χ3n) is 4.07. The van der Waals surface area contributed by atoms with Gasteiger partial charge in [-0.05, 0) is 36.6 Å². The zero-order chi connectivity index (χ0) is 15.4. The van der Waals surface area contributed by atoms with Gasteiger partial charge >= 0.3 is 0 Å². The van der Waals surface area contributed by atoms with Gasteiger partial charge in [0.1, 0.15) is 0 Å². The lowest BCUT2D eigenvalue weighted by Crippen LogP contribution is -2.37. The van der Waals surface area contributed by atoms with Crippen molar-refractivity contribution >= 4 is 12.1 Å². The SMILES string of the molecule is O=C(CC1(O)CCCCC1)NN=Cc1ccc2c(c1)OCO2. The molecule has 118 valence electrons. The highest BCUT2D eigenvalue weighted by molar-refractivity contribution is 5.83. The molecule has 2 aliphatic rings. The van der Waals surface area contributed by atoms with E-state index in [0.717, 1.165) is 24.8 Å². The first kappa shape index (κ1) is 14.8. The molecule has 0 atom stereocenters. The molecule has 2 N–H and O–H groups in total. The quantitative estimate of drug-likeness (QED) is 0.658. The molecule has 6 nitrogen and oxygen atoms in total. The fourth-order valence-corrected chi connectivity index (χ4v) is 2.90. The van der Waals surface area contributed by atoms with Crippen LogP contribution in [0.15, 0.2) is 23.3 Å². The summed E-state index contributed by atoms with van der Waals surface area (Å²) >= 11 is 0. The van der Waals surface area contributed by atoms with Crippen LogP contribution in [0.1, 0.15) is 44.1 Å². The minimum Gasteiger partial charge on any atom is -0.454 e. The first-order valence-corrected chi connectivity index (χ1v) is 7.59. The van der Waals surface area contributed by atoms with Crippen molar-refractivity contribution in [1.82, 2.24) is 5.43 Å². The molecule has 22 heavy (non-hydrogen) atoms. The van der Waals surface area contributed by atoms with E-state index in [-0.39, 0.29) is 19.1 Å². The summed E-state index contributed by atoms with van der Waals surface area (Å²) in [6.45, 7) is 0.227. The molecule has 1 fully saturated rings. The Labute approximate surface area is 129 Å². The number of fused-ring (bicyclic) bond motifs is 1. The van der Waals surface area contributed by atoms with Crippen LogP contribution in [-0.2, 0) is 4.79 Å². The molecule has 0 aromatic heterocycles. The maximum atomic E-state index is 11.9. The third-order valence-corrected chi connectivity index (χ3v) is 4.07. The Balaban J connectivity index is 1.52. The van der Waals surface area contributed by atoms with E-state index in [0.29, 0.717) is 24.3 Å². The second-order valence-electron chi connectivity index (χ2n) is 5.87. The third kappa shape index (κ3) is 3.57. The van der Waals surface area contributed by atoms with Crippen LogP contribution in [0.5, 0.6) is 11.5 Å². The fraction of sp³-hybridized carbons (Fsp3) is 0.500. The van der Waals surface area contributed by atoms with Gasteiger partial charge < -0.3 is 14.6 Å². The number of hydrazone groups is 1. The van der Waals surface area contributed by atoms with Crippen molar-refractivity contribution in [3.63, 3.8) is 0 Å². The first-order valence-electron chi connectivity index (χ1n) is 7.59. The van der Waals surface area contributed by atoms with E-state index in [1.807, 2.05) is 6.07 Å². The predicted molar refractivity (Wildman–Crippen MR) is 81.0 cm³/mol. The number of ether oxygens (including phenoxy) is 2. The highest BCUT2D eigenvalue weighted by Crippen LogP contribution is 2.32. The number of benzene rings is 1. The van der Waals surface area contributed by atoms with Crippen molar-refractivity contribution in [1.29, 1.82) is 0 Å². The van der Waals surface area contributed by atoms with Crippen LogP contribution in [0.3, 0.4) is 0 Å². The van der Waals surface area contributed by atoms with Crippen molar-refractivity contribution in [2.45, 2.75) is 44.1 Å².